The van der Waals surface area contributed by atoms with Crippen LogP contribution in [-0.4, -0.2) is 25.6 Å². The Morgan fingerprint density at radius 3 is 2.56 bits per heavy atom. The van der Waals surface area contributed by atoms with Crippen LogP contribution in [-0.2, 0) is 4.79 Å². The number of nitrogens with one attached hydrogen (secondary N) is 1. The van der Waals surface area contributed by atoms with Gasteiger partial charge < -0.3 is 15.8 Å². The highest BCUT2D eigenvalue weighted by Crippen LogP contribution is 2.15. The molecule has 0 unspecified atom stereocenters. The van der Waals surface area contributed by atoms with Gasteiger partial charge in [-0.1, -0.05) is 11.6 Å². The Labute approximate surface area is 118 Å². The molecule has 0 fully saturated rings. The van der Waals surface area contributed by atoms with Gasteiger partial charge in [-0.15, -0.1) is 12.4 Å². The Morgan fingerprint density at radius 2 is 1.94 bits per heavy atom. The van der Waals surface area contributed by atoms with Gasteiger partial charge in [0.25, 0.3) is 5.91 Å². The molecule has 102 valence electrons. The summed E-state index contributed by atoms with van der Waals surface area (Å²) in [5, 5.41) is 3.40. The van der Waals surface area contributed by atoms with Crippen LogP contribution in [0.1, 0.15) is 12.8 Å². The van der Waals surface area contributed by atoms with Gasteiger partial charge in [-0.05, 0) is 43.7 Å². The zero-order valence-electron chi connectivity index (χ0n) is 10.0. The van der Waals surface area contributed by atoms with E-state index in [1.165, 1.54) is 0 Å². The zero-order valence-corrected chi connectivity index (χ0v) is 11.6. The summed E-state index contributed by atoms with van der Waals surface area (Å²) in [6.07, 6.45) is 1.81. The third kappa shape index (κ3) is 7.37. The fourth-order valence-corrected chi connectivity index (χ4v) is 1.35. The maximum Gasteiger partial charge on any atom is 0.257 e. The molecule has 0 aliphatic heterocycles. The second-order valence-electron chi connectivity index (χ2n) is 3.59. The molecule has 1 rings (SSSR count). The van der Waals surface area contributed by atoms with Gasteiger partial charge in [0.15, 0.2) is 6.61 Å². The van der Waals surface area contributed by atoms with Gasteiger partial charge in [-0.25, -0.2) is 0 Å². The lowest BCUT2D eigenvalue weighted by atomic mass is 10.3. The fraction of sp³-hybridized carbons (Fsp3) is 0.417. The molecule has 6 heteroatoms. The molecule has 4 nitrogen and oxygen atoms in total. The molecule has 0 spiro atoms. The maximum atomic E-state index is 11.4. The van der Waals surface area contributed by atoms with E-state index in [2.05, 4.69) is 5.32 Å². The second-order valence-corrected chi connectivity index (χ2v) is 4.02. The molecule has 0 atom stereocenters. The van der Waals surface area contributed by atoms with Crippen molar-refractivity contribution in [3.63, 3.8) is 0 Å². The van der Waals surface area contributed by atoms with Crippen LogP contribution in [0.25, 0.3) is 0 Å². The number of ether oxygens (including phenoxy) is 1. The maximum absolute atomic E-state index is 11.4. The molecule has 3 N–H and O–H groups in total. The minimum Gasteiger partial charge on any atom is -0.484 e. The normalized spacial score (nSPS) is 9.44. The minimum absolute atomic E-state index is 0. The van der Waals surface area contributed by atoms with E-state index in [1.54, 1.807) is 24.3 Å². The van der Waals surface area contributed by atoms with E-state index in [9.17, 15) is 4.79 Å². The van der Waals surface area contributed by atoms with Crippen LogP contribution in [0.4, 0.5) is 0 Å². The number of carbonyl (C=O) groups excluding carboxylic acids is 1. The molecule has 1 amide bonds. The molecule has 1 aromatic carbocycles. The average Bonchev–Trinajstić information content (AvgIpc) is 2.34. The van der Waals surface area contributed by atoms with Crippen LogP contribution in [0.5, 0.6) is 5.75 Å². The lowest BCUT2D eigenvalue weighted by Gasteiger charge is -2.07. The van der Waals surface area contributed by atoms with Gasteiger partial charge in [-0.3, -0.25) is 4.79 Å². The SMILES string of the molecule is Cl.NCCCCNC(=O)COc1ccc(Cl)cc1. The number of amides is 1. The molecule has 0 saturated carbocycles. The summed E-state index contributed by atoms with van der Waals surface area (Å²) in [5.74, 6) is 0.503. The second kappa shape index (κ2) is 10.00. The Kier molecular flexibility index (Phi) is 9.46. The number of carbonyl (C=O) groups is 1. The zero-order chi connectivity index (χ0) is 12.5. The van der Waals surface area contributed by atoms with Crippen molar-refractivity contribution in [1.82, 2.24) is 5.32 Å². The first-order valence-corrected chi connectivity index (χ1v) is 5.95. The van der Waals surface area contributed by atoms with Crippen LogP contribution in [0.2, 0.25) is 5.02 Å². The van der Waals surface area contributed by atoms with Crippen molar-refractivity contribution in [2.75, 3.05) is 19.7 Å². The molecule has 0 saturated heterocycles. The van der Waals surface area contributed by atoms with E-state index in [-0.39, 0.29) is 24.9 Å². The van der Waals surface area contributed by atoms with E-state index >= 15 is 0 Å². The molecular weight excluding hydrogens is 275 g/mol. The highest BCUT2D eigenvalue weighted by molar-refractivity contribution is 6.30. The Morgan fingerprint density at radius 1 is 1.28 bits per heavy atom. The topological polar surface area (TPSA) is 64.3 Å². The largest absolute Gasteiger partial charge is 0.484 e. The van der Waals surface area contributed by atoms with E-state index < -0.39 is 0 Å². The predicted molar refractivity (Wildman–Crippen MR) is 75.5 cm³/mol. The standard InChI is InChI=1S/C12H17ClN2O2.ClH/c13-10-3-5-11(6-4-10)17-9-12(16)15-8-2-1-7-14;/h3-6H,1-2,7-9,14H2,(H,15,16);1H. The Hall–Kier alpha value is -0.970. The van der Waals surface area contributed by atoms with Crippen molar-refractivity contribution in [3.8, 4) is 5.75 Å². The fourth-order valence-electron chi connectivity index (χ4n) is 1.23. The highest BCUT2D eigenvalue weighted by Gasteiger charge is 2.01. The van der Waals surface area contributed by atoms with Crippen molar-refractivity contribution in [1.29, 1.82) is 0 Å². The molecule has 18 heavy (non-hydrogen) atoms. The van der Waals surface area contributed by atoms with Crippen LogP contribution in [0.3, 0.4) is 0 Å². The van der Waals surface area contributed by atoms with Crippen molar-refractivity contribution < 1.29 is 9.53 Å². The molecule has 1 aromatic rings. The van der Waals surface area contributed by atoms with Gasteiger partial charge in [0.05, 0.1) is 0 Å². The van der Waals surface area contributed by atoms with Crippen molar-refractivity contribution in [3.05, 3.63) is 29.3 Å². The molecular formula is C12H18Cl2N2O2. The number of nitrogens with two attached hydrogens (primary N) is 1. The van der Waals surface area contributed by atoms with E-state index in [0.717, 1.165) is 12.8 Å². The summed E-state index contributed by atoms with van der Waals surface area (Å²) < 4.78 is 5.28. The summed E-state index contributed by atoms with van der Waals surface area (Å²) >= 11 is 5.73. The number of hydrogen-bond acceptors (Lipinski definition) is 3. The average molecular weight is 293 g/mol. The van der Waals surface area contributed by atoms with Crippen molar-refractivity contribution >= 4 is 29.9 Å². The molecule has 0 aromatic heterocycles. The summed E-state index contributed by atoms with van der Waals surface area (Å²) in [4.78, 5) is 11.4. The van der Waals surface area contributed by atoms with Gasteiger partial charge in [0.1, 0.15) is 5.75 Å². The summed E-state index contributed by atoms with van der Waals surface area (Å²) in [5.41, 5.74) is 5.34. The first-order chi connectivity index (χ1) is 8.22. The first kappa shape index (κ1) is 17.0. The van der Waals surface area contributed by atoms with Crippen LogP contribution >= 0.6 is 24.0 Å². The number of unbranched alkanes of at least 4 members (excludes halogenated alkanes) is 1. The highest BCUT2D eigenvalue weighted by atomic mass is 35.5. The van der Waals surface area contributed by atoms with E-state index in [4.69, 9.17) is 22.1 Å². The van der Waals surface area contributed by atoms with Crippen LogP contribution < -0.4 is 15.8 Å². The first-order valence-electron chi connectivity index (χ1n) is 5.57. The van der Waals surface area contributed by atoms with Gasteiger partial charge in [0, 0.05) is 11.6 Å². The lowest BCUT2D eigenvalue weighted by molar-refractivity contribution is -0.123. The number of rotatable bonds is 7. The van der Waals surface area contributed by atoms with Crippen molar-refractivity contribution in [2.45, 2.75) is 12.8 Å². The molecule has 0 aliphatic carbocycles. The number of halogens is 2. The Balaban J connectivity index is 0.00000289. The number of hydrogen-bond donors (Lipinski definition) is 2. The van der Waals surface area contributed by atoms with Crippen LogP contribution in [0.15, 0.2) is 24.3 Å². The number of benzene rings is 1. The van der Waals surface area contributed by atoms with E-state index in [0.29, 0.717) is 23.9 Å². The molecule has 0 aliphatic rings. The monoisotopic (exact) mass is 292 g/mol. The molecule has 0 heterocycles. The predicted octanol–water partition coefficient (Wildman–Crippen LogP) is 2.00. The smallest absolute Gasteiger partial charge is 0.257 e. The summed E-state index contributed by atoms with van der Waals surface area (Å²) in [6.45, 7) is 1.31. The Bertz CT molecular complexity index is 344. The summed E-state index contributed by atoms with van der Waals surface area (Å²) in [6, 6.07) is 6.89. The van der Waals surface area contributed by atoms with Crippen LogP contribution in [0, 0.1) is 0 Å². The quantitative estimate of drug-likeness (QED) is 0.756. The van der Waals surface area contributed by atoms with Gasteiger partial charge >= 0.3 is 0 Å². The molecule has 0 radical (unpaired) electrons. The minimum atomic E-state index is -0.128. The van der Waals surface area contributed by atoms with Crippen molar-refractivity contribution in [2.24, 2.45) is 5.73 Å². The van der Waals surface area contributed by atoms with Gasteiger partial charge in [-0.2, -0.15) is 0 Å². The third-order valence-electron chi connectivity index (χ3n) is 2.14. The third-order valence-corrected chi connectivity index (χ3v) is 2.39. The summed E-state index contributed by atoms with van der Waals surface area (Å²) in [7, 11) is 0. The lowest BCUT2D eigenvalue weighted by Crippen LogP contribution is -2.29. The van der Waals surface area contributed by atoms with E-state index in [1.807, 2.05) is 0 Å². The van der Waals surface area contributed by atoms with Gasteiger partial charge in [0.2, 0.25) is 0 Å². The molecule has 0 bridgehead atoms.